The topological polar surface area (TPSA) is 302 Å². The van der Waals surface area contributed by atoms with Crippen molar-refractivity contribution in [2.75, 3.05) is 6.61 Å². The van der Waals surface area contributed by atoms with Crippen molar-refractivity contribution >= 4 is 32.7 Å². The molecule has 204 valence electrons. The molecule has 35 heavy (non-hydrogen) atoms. The minimum atomic E-state index is -5.42. The summed E-state index contributed by atoms with van der Waals surface area (Å²) in [6.45, 7) is -0.151. The van der Waals surface area contributed by atoms with Crippen molar-refractivity contribution in [2.45, 2.75) is 68.3 Å². The van der Waals surface area contributed by atoms with Gasteiger partial charge < -0.3 is 45.1 Å². The van der Waals surface area contributed by atoms with Crippen LogP contribution in [0.1, 0.15) is 6.92 Å². The van der Waals surface area contributed by atoms with Gasteiger partial charge in [-0.15, -0.1) is 0 Å². The lowest BCUT2D eigenvalue weighted by molar-refractivity contribution is -0.331. The molecule has 0 bridgehead atoms. The standard InChI is InChI=1S/C14H23NO18S2/c1-3(17)15-5-9(8(32-34(23,24)25)4(2-16)29-13(5)22)30-14-11(33-35(26,27)28)7(19)6(18)10(31-14)12(20)21/h4-11,13-14,16,18-19,22H,2H2,1H3,(H,15,17)(H,20,21)(H,23,24,25)(H,26,27,28)/t4-,5-,6+,7+,8+,9-,10+,11-,13?,14-/m1/s1. The number of ether oxygens (including phenoxy) is 3. The van der Waals surface area contributed by atoms with Crippen LogP contribution in [0.4, 0.5) is 0 Å². The maximum absolute atomic E-state index is 11.6. The molecule has 2 aliphatic rings. The molecule has 2 heterocycles. The van der Waals surface area contributed by atoms with E-state index in [1.165, 1.54) is 0 Å². The minimum absolute atomic E-state index is 0.881. The summed E-state index contributed by atoms with van der Waals surface area (Å²) in [5, 5.41) is 51.2. The fraction of sp³-hybridized carbons (Fsp3) is 0.857. The number of hydrogen-bond donors (Lipinski definition) is 8. The van der Waals surface area contributed by atoms with Crippen molar-refractivity contribution in [1.82, 2.24) is 5.32 Å². The molecule has 0 saturated carbocycles. The van der Waals surface area contributed by atoms with Gasteiger partial charge in [0.05, 0.1) is 6.61 Å². The van der Waals surface area contributed by atoms with E-state index in [1.54, 1.807) is 0 Å². The predicted octanol–water partition coefficient (Wildman–Crippen LogP) is -5.51. The Morgan fingerprint density at radius 1 is 0.914 bits per heavy atom. The zero-order chi connectivity index (χ0) is 26.9. The van der Waals surface area contributed by atoms with Gasteiger partial charge in [0, 0.05) is 6.92 Å². The number of amides is 1. The summed E-state index contributed by atoms with van der Waals surface area (Å²) < 4.78 is 87.2. The number of carbonyl (C=O) groups excluding carboxylic acids is 1. The van der Waals surface area contributed by atoms with Crippen LogP contribution in [-0.2, 0) is 53.0 Å². The molecule has 10 atom stereocenters. The molecule has 0 aromatic rings. The van der Waals surface area contributed by atoms with Gasteiger partial charge in [-0.25, -0.2) is 13.2 Å². The fourth-order valence-electron chi connectivity index (χ4n) is 3.42. The number of aliphatic hydroxyl groups excluding tert-OH is 4. The van der Waals surface area contributed by atoms with Gasteiger partial charge in [0.2, 0.25) is 5.91 Å². The third kappa shape index (κ3) is 7.69. The number of aliphatic carboxylic acids is 1. The van der Waals surface area contributed by atoms with E-state index in [4.69, 9.17) is 23.3 Å². The van der Waals surface area contributed by atoms with E-state index in [1.807, 2.05) is 0 Å². The average molecular weight is 557 g/mol. The molecular formula is C14H23NO18S2. The predicted molar refractivity (Wildman–Crippen MR) is 102 cm³/mol. The first kappa shape index (κ1) is 29.6. The minimum Gasteiger partial charge on any atom is -0.479 e. The van der Waals surface area contributed by atoms with Crippen molar-refractivity contribution in [3.05, 3.63) is 0 Å². The van der Waals surface area contributed by atoms with Gasteiger partial charge in [-0.05, 0) is 0 Å². The largest absolute Gasteiger partial charge is 0.479 e. The summed E-state index contributed by atoms with van der Waals surface area (Å²) in [7, 11) is -10.8. The van der Waals surface area contributed by atoms with Gasteiger partial charge in [-0.3, -0.25) is 13.9 Å². The van der Waals surface area contributed by atoms with E-state index in [2.05, 4.69) is 13.7 Å². The Hall–Kier alpha value is -1.60. The Labute approximate surface area is 197 Å². The number of aliphatic hydroxyl groups is 4. The van der Waals surface area contributed by atoms with Crippen LogP contribution in [0.5, 0.6) is 0 Å². The van der Waals surface area contributed by atoms with Crippen LogP contribution in [0.3, 0.4) is 0 Å². The quantitative estimate of drug-likeness (QED) is 0.123. The first-order valence-electron chi connectivity index (χ1n) is 9.38. The number of carboxylic acid groups (broad SMARTS) is 1. The number of rotatable bonds is 9. The smallest absolute Gasteiger partial charge is 0.397 e. The lowest BCUT2D eigenvalue weighted by Crippen LogP contribution is -2.68. The first-order valence-corrected chi connectivity index (χ1v) is 12.1. The summed E-state index contributed by atoms with van der Waals surface area (Å²) in [6, 6.07) is -1.82. The highest BCUT2D eigenvalue weighted by Gasteiger charge is 2.55. The molecular weight excluding hydrogens is 534 g/mol. The maximum atomic E-state index is 11.6. The van der Waals surface area contributed by atoms with E-state index in [-0.39, 0.29) is 0 Å². The highest BCUT2D eigenvalue weighted by atomic mass is 32.3. The third-order valence-corrected chi connectivity index (χ3v) is 5.69. The molecule has 1 amide bonds. The Morgan fingerprint density at radius 3 is 1.91 bits per heavy atom. The lowest BCUT2D eigenvalue weighted by Gasteiger charge is -2.47. The highest BCUT2D eigenvalue weighted by Crippen LogP contribution is 2.32. The van der Waals surface area contributed by atoms with E-state index in [9.17, 15) is 52.0 Å². The normalized spacial score (nSPS) is 38.6. The second-order valence-corrected chi connectivity index (χ2v) is 9.39. The first-order chi connectivity index (χ1) is 15.9. The van der Waals surface area contributed by atoms with Crippen LogP contribution in [0, 0.1) is 0 Å². The van der Waals surface area contributed by atoms with Crippen molar-refractivity contribution in [3.63, 3.8) is 0 Å². The molecule has 1 unspecified atom stereocenters. The average Bonchev–Trinajstić information content (AvgIpc) is 2.69. The maximum Gasteiger partial charge on any atom is 0.397 e. The van der Waals surface area contributed by atoms with Crippen LogP contribution >= 0.6 is 0 Å². The molecule has 2 aliphatic heterocycles. The molecule has 0 aromatic carbocycles. The van der Waals surface area contributed by atoms with Gasteiger partial charge in [-0.1, -0.05) is 0 Å². The third-order valence-electron chi connectivity index (χ3n) is 4.76. The monoisotopic (exact) mass is 557 g/mol. The van der Waals surface area contributed by atoms with Crippen LogP contribution in [-0.4, -0.2) is 131 Å². The van der Waals surface area contributed by atoms with E-state index in [0.29, 0.717) is 0 Å². The second kappa shape index (κ2) is 11.2. The molecule has 0 aliphatic carbocycles. The Balaban J connectivity index is 2.55. The van der Waals surface area contributed by atoms with Gasteiger partial charge in [0.1, 0.15) is 36.6 Å². The zero-order valence-corrected chi connectivity index (χ0v) is 19.1. The van der Waals surface area contributed by atoms with Gasteiger partial charge in [0.15, 0.2) is 24.8 Å². The van der Waals surface area contributed by atoms with E-state index < -0.39 is 101 Å². The van der Waals surface area contributed by atoms with Crippen molar-refractivity contribution in [3.8, 4) is 0 Å². The molecule has 0 radical (unpaired) electrons. The van der Waals surface area contributed by atoms with Crippen LogP contribution in [0.25, 0.3) is 0 Å². The second-order valence-electron chi connectivity index (χ2n) is 7.30. The lowest BCUT2D eigenvalue weighted by atomic mass is 9.95. The number of carbonyl (C=O) groups is 2. The Kier molecular flexibility index (Phi) is 9.48. The van der Waals surface area contributed by atoms with Crippen LogP contribution in [0.15, 0.2) is 0 Å². The Bertz CT molecular complexity index is 985. The molecule has 0 aromatic heterocycles. The molecule has 2 fully saturated rings. The fourth-order valence-corrected chi connectivity index (χ4v) is 4.42. The molecule has 8 N–H and O–H groups in total. The summed E-state index contributed by atoms with van der Waals surface area (Å²) >= 11 is 0. The molecule has 2 rings (SSSR count). The number of nitrogens with one attached hydrogen (secondary N) is 1. The van der Waals surface area contributed by atoms with E-state index in [0.717, 1.165) is 6.92 Å². The van der Waals surface area contributed by atoms with Crippen LogP contribution < -0.4 is 5.32 Å². The molecule has 19 nitrogen and oxygen atoms in total. The van der Waals surface area contributed by atoms with Gasteiger partial charge in [0.25, 0.3) is 0 Å². The van der Waals surface area contributed by atoms with Crippen molar-refractivity contribution in [2.24, 2.45) is 0 Å². The summed E-state index contributed by atoms with van der Waals surface area (Å²) in [6.07, 6.45) is -19.9. The number of hydrogen-bond acceptors (Lipinski definition) is 15. The van der Waals surface area contributed by atoms with Gasteiger partial charge >= 0.3 is 26.8 Å². The van der Waals surface area contributed by atoms with Crippen LogP contribution in [0.2, 0.25) is 0 Å². The molecule has 0 spiro atoms. The van der Waals surface area contributed by atoms with Crippen molar-refractivity contribution < 1.29 is 83.6 Å². The molecule has 21 heteroatoms. The summed E-state index contributed by atoms with van der Waals surface area (Å²) in [5.74, 6) is -2.77. The zero-order valence-electron chi connectivity index (χ0n) is 17.4. The summed E-state index contributed by atoms with van der Waals surface area (Å²) in [5.41, 5.74) is 0. The highest BCUT2D eigenvalue weighted by molar-refractivity contribution is 7.81. The molecule has 2 saturated heterocycles. The summed E-state index contributed by atoms with van der Waals surface area (Å²) in [4.78, 5) is 23.0. The van der Waals surface area contributed by atoms with Crippen molar-refractivity contribution in [1.29, 1.82) is 0 Å². The van der Waals surface area contributed by atoms with E-state index >= 15 is 0 Å². The Morgan fingerprint density at radius 2 is 1.46 bits per heavy atom. The van der Waals surface area contributed by atoms with Gasteiger partial charge in [-0.2, -0.15) is 16.8 Å². The SMILES string of the molecule is CC(=O)N[C@H]1C(O)O[C@H](CO)[C@H](OS(=O)(=O)O)[C@@H]1O[C@@H]1O[C@H](C(=O)O)[C@@H](O)[C@H](O)[C@H]1OS(=O)(=O)O. The number of carboxylic acids is 1.